The number of aromatic hydroxyl groups is 1. The maximum atomic E-state index is 13.5. The van der Waals surface area contributed by atoms with E-state index in [1.807, 2.05) is 0 Å². The third-order valence-electron chi connectivity index (χ3n) is 6.87. The van der Waals surface area contributed by atoms with Gasteiger partial charge in [-0.1, -0.05) is 6.07 Å². The van der Waals surface area contributed by atoms with Gasteiger partial charge in [-0.25, -0.2) is 9.36 Å². The van der Waals surface area contributed by atoms with E-state index < -0.39 is 41.0 Å². The van der Waals surface area contributed by atoms with Crippen molar-refractivity contribution in [1.29, 1.82) is 5.26 Å². The highest BCUT2D eigenvalue weighted by Crippen LogP contribution is 2.49. The number of methoxy groups -OCH3 is 2. The zero-order valence-corrected chi connectivity index (χ0v) is 19.7. The molecule has 1 fully saturated rings. The fourth-order valence-electron chi connectivity index (χ4n) is 5.22. The van der Waals surface area contributed by atoms with Crippen LogP contribution in [0.3, 0.4) is 0 Å². The van der Waals surface area contributed by atoms with E-state index in [0.29, 0.717) is 29.5 Å². The molecule has 1 aromatic heterocycles. The van der Waals surface area contributed by atoms with Gasteiger partial charge < -0.3 is 19.5 Å². The van der Waals surface area contributed by atoms with E-state index in [1.165, 1.54) is 30.9 Å². The maximum Gasteiger partial charge on any atom is 0.417 e. The lowest BCUT2D eigenvalue weighted by molar-refractivity contribution is -0.137. The molecule has 12 heteroatoms. The normalized spacial score (nSPS) is 18.0. The zero-order valence-electron chi connectivity index (χ0n) is 19.7. The van der Waals surface area contributed by atoms with E-state index in [9.17, 15) is 27.9 Å². The Labute approximate surface area is 208 Å². The number of ether oxygens (including phenoxy) is 2. The summed E-state index contributed by atoms with van der Waals surface area (Å²) < 4.78 is 53.0. The number of hydrogen-bond acceptors (Lipinski definition) is 6. The van der Waals surface area contributed by atoms with Gasteiger partial charge >= 0.3 is 11.9 Å². The zero-order chi connectivity index (χ0) is 26.6. The minimum Gasteiger partial charge on any atom is -0.493 e. The highest BCUT2D eigenvalue weighted by molar-refractivity contribution is 5.80. The molecule has 0 saturated carbocycles. The predicted octanol–water partition coefficient (Wildman–Crippen LogP) is 3.32. The van der Waals surface area contributed by atoms with Gasteiger partial charge in [0.05, 0.1) is 55.6 Å². The van der Waals surface area contributed by atoms with Crippen molar-refractivity contribution >= 4 is 5.91 Å². The summed E-state index contributed by atoms with van der Waals surface area (Å²) in [5.41, 5.74) is -1.87. The summed E-state index contributed by atoms with van der Waals surface area (Å²) in [6, 6.07) is 8.38. The molecule has 2 aliphatic heterocycles. The first kappa shape index (κ1) is 24.3. The van der Waals surface area contributed by atoms with Crippen molar-refractivity contribution in [1.82, 2.24) is 14.0 Å². The van der Waals surface area contributed by atoms with Gasteiger partial charge in [-0.2, -0.15) is 18.4 Å². The number of nitrogens with zero attached hydrogens (tertiary/aromatic N) is 4. The highest BCUT2D eigenvalue weighted by atomic mass is 19.4. The smallest absolute Gasteiger partial charge is 0.417 e. The number of hydrogen-bond donors (Lipinski definition) is 1. The number of fused-ring (bicyclic) bond motifs is 5. The first-order valence-corrected chi connectivity index (χ1v) is 11.3. The van der Waals surface area contributed by atoms with E-state index in [1.54, 1.807) is 23.1 Å². The van der Waals surface area contributed by atoms with Crippen LogP contribution in [0.15, 0.2) is 41.2 Å². The van der Waals surface area contributed by atoms with E-state index in [4.69, 9.17) is 14.7 Å². The van der Waals surface area contributed by atoms with Crippen LogP contribution in [0, 0.1) is 11.3 Å². The Balaban J connectivity index is 1.47. The quantitative estimate of drug-likeness (QED) is 0.560. The van der Waals surface area contributed by atoms with Crippen LogP contribution >= 0.6 is 0 Å². The molecule has 0 spiro atoms. The van der Waals surface area contributed by atoms with Crippen LogP contribution in [0.1, 0.15) is 40.9 Å². The Morgan fingerprint density at radius 3 is 2.54 bits per heavy atom. The second-order valence-electron chi connectivity index (χ2n) is 8.85. The molecule has 1 amide bonds. The summed E-state index contributed by atoms with van der Waals surface area (Å²) in [7, 11) is 2.99. The van der Waals surface area contributed by atoms with E-state index in [0.717, 1.165) is 10.6 Å². The summed E-state index contributed by atoms with van der Waals surface area (Å²) >= 11 is 0. The van der Waals surface area contributed by atoms with Crippen LogP contribution in [-0.4, -0.2) is 45.8 Å². The van der Waals surface area contributed by atoms with Crippen LogP contribution < -0.4 is 15.2 Å². The molecule has 0 aliphatic carbocycles. The lowest BCUT2D eigenvalue weighted by atomic mass is 10.1. The molecule has 3 aromatic rings. The van der Waals surface area contributed by atoms with E-state index in [-0.39, 0.29) is 30.3 Å². The number of halogens is 3. The number of likely N-dealkylation sites (tertiary alicyclic amines) is 1. The van der Waals surface area contributed by atoms with Gasteiger partial charge in [0, 0.05) is 6.54 Å². The van der Waals surface area contributed by atoms with Crippen molar-refractivity contribution < 1.29 is 32.5 Å². The Hall–Kier alpha value is -4.40. The average molecular weight is 514 g/mol. The van der Waals surface area contributed by atoms with Crippen molar-refractivity contribution in [2.24, 2.45) is 0 Å². The third kappa shape index (κ3) is 3.78. The second kappa shape index (κ2) is 8.62. The molecule has 192 valence electrons. The SMILES string of the molecule is COc1ccc(CC(=O)N2CC3CC2c2c(O)n(-c4ccc(C#N)c(C(F)(F)F)c4)c(=O)n23)cc1OC. The minimum absolute atomic E-state index is 0.0415. The molecule has 2 unspecified atom stereocenters. The molecule has 2 bridgehead atoms. The average Bonchev–Trinajstić information content (AvgIpc) is 3.54. The van der Waals surface area contributed by atoms with Gasteiger partial charge in [-0.05, 0) is 42.3 Å². The molecular formula is C25H21F3N4O5. The summed E-state index contributed by atoms with van der Waals surface area (Å²) in [6.45, 7) is 0.230. The van der Waals surface area contributed by atoms with E-state index in [2.05, 4.69) is 0 Å². The number of rotatable bonds is 5. The highest BCUT2D eigenvalue weighted by Gasteiger charge is 2.49. The third-order valence-corrected chi connectivity index (χ3v) is 6.87. The van der Waals surface area contributed by atoms with Gasteiger partial charge in [0.25, 0.3) is 0 Å². The molecule has 0 radical (unpaired) electrons. The van der Waals surface area contributed by atoms with Crippen LogP contribution in [0.25, 0.3) is 5.69 Å². The molecule has 5 rings (SSSR count). The van der Waals surface area contributed by atoms with Gasteiger partial charge in [0.2, 0.25) is 11.8 Å². The van der Waals surface area contributed by atoms with Crippen molar-refractivity contribution in [3.63, 3.8) is 0 Å². The molecule has 3 heterocycles. The molecule has 9 nitrogen and oxygen atoms in total. The number of carbonyl (C=O) groups is 1. The Bertz CT molecular complexity index is 1520. The van der Waals surface area contributed by atoms with Crippen LogP contribution in [0.5, 0.6) is 17.4 Å². The van der Waals surface area contributed by atoms with Gasteiger partial charge in [-0.3, -0.25) is 9.36 Å². The fraction of sp³-hybridized carbons (Fsp3) is 0.320. The lowest BCUT2D eigenvalue weighted by Gasteiger charge is -2.28. The Kier molecular flexibility index (Phi) is 5.66. The number of amides is 1. The van der Waals surface area contributed by atoms with Crippen LogP contribution in [-0.2, 0) is 17.4 Å². The van der Waals surface area contributed by atoms with Crippen molar-refractivity contribution in [2.75, 3.05) is 20.8 Å². The number of carbonyl (C=O) groups excluding carboxylic acids is 1. The molecule has 2 aliphatic rings. The molecule has 1 N–H and O–H groups in total. The second-order valence-corrected chi connectivity index (χ2v) is 8.85. The number of imidazole rings is 1. The lowest BCUT2D eigenvalue weighted by Crippen LogP contribution is -2.38. The number of benzene rings is 2. The monoisotopic (exact) mass is 514 g/mol. The molecular weight excluding hydrogens is 493 g/mol. The first-order valence-electron chi connectivity index (χ1n) is 11.3. The van der Waals surface area contributed by atoms with Gasteiger partial charge in [0.15, 0.2) is 11.5 Å². The molecule has 1 saturated heterocycles. The van der Waals surface area contributed by atoms with Gasteiger partial charge in [0.1, 0.15) is 5.69 Å². The van der Waals surface area contributed by atoms with Crippen LogP contribution in [0.4, 0.5) is 13.2 Å². The van der Waals surface area contributed by atoms with Crippen molar-refractivity contribution in [3.8, 4) is 29.1 Å². The summed E-state index contributed by atoms with van der Waals surface area (Å²) in [6.07, 6.45) is -4.37. The molecule has 2 atom stereocenters. The predicted molar refractivity (Wildman–Crippen MR) is 123 cm³/mol. The first-order chi connectivity index (χ1) is 17.6. The minimum atomic E-state index is -4.82. The standard InChI is InChI=1S/C25H21F3N4O5/c1-36-19-6-3-13(7-20(19)37-2)8-21(33)30-12-16-10-18(30)22-23(34)32(24(35)31(16)22)15-5-4-14(11-29)17(9-15)25(26,27)28/h3-7,9,16,18,34H,8,10,12H2,1-2H3. The summed E-state index contributed by atoms with van der Waals surface area (Å²) in [5, 5.41) is 20.0. The van der Waals surface area contributed by atoms with E-state index >= 15 is 0 Å². The van der Waals surface area contributed by atoms with Crippen LogP contribution in [0.2, 0.25) is 0 Å². The topological polar surface area (TPSA) is 110 Å². The largest absolute Gasteiger partial charge is 0.493 e. The molecule has 2 aromatic carbocycles. The van der Waals surface area contributed by atoms with Gasteiger partial charge in [-0.15, -0.1) is 0 Å². The van der Waals surface area contributed by atoms with Crippen molar-refractivity contribution in [3.05, 3.63) is 69.3 Å². The molecule has 37 heavy (non-hydrogen) atoms. The Morgan fingerprint density at radius 2 is 1.89 bits per heavy atom. The Morgan fingerprint density at radius 1 is 1.16 bits per heavy atom. The maximum absolute atomic E-state index is 13.5. The fourth-order valence-corrected chi connectivity index (χ4v) is 5.22. The summed E-state index contributed by atoms with van der Waals surface area (Å²) in [5.74, 6) is 0.230. The number of nitriles is 1. The number of alkyl halides is 3. The number of aromatic nitrogens is 2. The van der Waals surface area contributed by atoms with Crippen molar-refractivity contribution in [2.45, 2.75) is 31.1 Å². The summed E-state index contributed by atoms with van der Waals surface area (Å²) in [4.78, 5) is 27.9.